The maximum absolute atomic E-state index is 13.9. The van der Waals surface area contributed by atoms with Crippen LogP contribution >= 0.6 is 0 Å². The molecule has 0 aromatic carbocycles. The summed E-state index contributed by atoms with van der Waals surface area (Å²) < 4.78 is 0. The lowest BCUT2D eigenvalue weighted by Crippen LogP contribution is -2.45. The molecule has 510 valence electrons. The summed E-state index contributed by atoms with van der Waals surface area (Å²) in [6, 6.07) is -0.629. The Kier molecular flexibility index (Phi) is 44.3. The van der Waals surface area contributed by atoms with Crippen LogP contribution in [0.5, 0.6) is 0 Å². The Hall–Kier alpha value is -2.51. The van der Waals surface area contributed by atoms with Crippen molar-refractivity contribution in [2.75, 3.05) is 19.6 Å². The Labute approximate surface area is 545 Å². The summed E-state index contributed by atoms with van der Waals surface area (Å²) in [4.78, 5) is 68.9. The van der Waals surface area contributed by atoms with E-state index in [0.717, 1.165) is 92.3 Å². The van der Waals surface area contributed by atoms with E-state index in [9.17, 15) is 24.0 Å². The van der Waals surface area contributed by atoms with Gasteiger partial charge in [-0.05, 0) is 118 Å². The van der Waals surface area contributed by atoms with Gasteiger partial charge in [0.25, 0.3) is 17.7 Å². The normalized spacial score (nSPS) is 23.2. The molecule has 0 bridgehead atoms. The van der Waals surface area contributed by atoms with Crippen LogP contribution in [0.1, 0.15) is 395 Å². The van der Waals surface area contributed by atoms with E-state index in [1.807, 2.05) is 0 Å². The van der Waals surface area contributed by atoms with Gasteiger partial charge in [-0.15, -0.1) is 0 Å². The Morgan fingerprint density at radius 2 is 0.614 bits per heavy atom. The van der Waals surface area contributed by atoms with Crippen molar-refractivity contribution in [2.45, 2.75) is 401 Å². The van der Waals surface area contributed by atoms with Crippen molar-refractivity contribution in [3.05, 3.63) is 12.2 Å². The molecule has 4 aliphatic rings. The van der Waals surface area contributed by atoms with Gasteiger partial charge in [0, 0.05) is 38.7 Å². The van der Waals surface area contributed by atoms with E-state index >= 15 is 0 Å². The van der Waals surface area contributed by atoms with Crippen molar-refractivity contribution >= 4 is 29.5 Å². The predicted octanol–water partition coefficient (Wildman–Crippen LogP) is 23.0. The number of imide groups is 2. The largest absolute Gasteiger partial charge is 0.330 e. The number of carbonyl (C=O) groups excluding carboxylic acids is 5. The van der Waals surface area contributed by atoms with Crippen molar-refractivity contribution in [1.29, 1.82) is 0 Å². The van der Waals surface area contributed by atoms with Gasteiger partial charge in [-0.1, -0.05) is 311 Å². The monoisotopic (exact) mass is 1230 g/mol. The first kappa shape index (κ1) is 77.9. The SMILES string of the molecule is CCCCCCCCC1C(CCCCCC)CCC(CCCCCC)C1CCCCCCCCN(C(C)=O)C1CC(=O)N(CCCCCCCCC2C(CCCCCCCCN3C(=O)C=CC3=O)CCC(CCCCCC)C2CCCCCCCC)C1=O. The van der Waals surface area contributed by atoms with Gasteiger partial charge in [-0.3, -0.25) is 33.8 Å². The van der Waals surface area contributed by atoms with E-state index in [1.165, 1.54) is 324 Å². The molecule has 2 aliphatic heterocycles. The zero-order chi connectivity index (χ0) is 63.2. The molecule has 5 amide bonds. The molecule has 0 aromatic rings. The standard InChI is InChI=1S/C80H145N3O5/c1-7-12-17-22-31-42-53-72-68(49-38-19-14-9-3)57-58-69(50-39-20-15-10-4)74(72)55-44-33-25-28-35-46-63-81(67(6)84)76-66-79(87)83(80(76)88)65-48-37-29-26-34-45-56-75-71(52-41-30-24-27-36-47-64-82-77(85)61-62-78(82)86)60-59-70(51-40-21-16-11-5)73(75)54-43-32-23-18-13-8-2/h61-62,68-76H,7-60,63-66H2,1-6H3. The minimum absolute atomic E-state index is 0.0746. The molecule has 2 heterocycles. The van der Waals surface area contributed by atoms with E-state index in [0.29, 0.717) is 19.6 Å². The lowest BCUT2D eigenvalue weighted by molar-refractivity contribution is -0.143. The van der Waals surface area contributed by atoms with Crippen LogP contribution in [0.4, 0.5) is 0 Å². The summed E-state index contributed by atoms with van der Waals surface area (Å²) >= 11 is 0. The first-order valence-electron chi connectivity index (χ1n) is 39.7. The topological polar surface area (TPSA) is 95.1 Å². The minimum Gasteiger partial charge on any atom is -0.330 e. The van der Waals surface area contributed by atoms with Crippen molar-refractivity contribution in [3.63, 3.8) is 0 Å². The van der Waals surface area contributed by atoms with Crippen LogP contribution in [0.15, 0.2) is 12.2 Å². The van der Waals surface area contributed by atoms with Gasteiger partial charge >= 0.3 is 0 Å². The molecule has 0 spiro atoms. The number of unbranched alkanes of at least 4 members (excludes halogenated alkanes) is 34. The zero-order valence-electron chi connectivity index (χ0n) is 59.2. The molecule has 0 N–H and O–H groups in total. The highest BCUT2D eigenvalue weighted by atomic mass is 16.2. The maximum Gasteiger partial charge on any atom is 0.253 e. The van der Waals surface area contributed by atoms with Crippen LogP contribution < -0.4 is 0 Å². The second-order valence-corrected chi connectivity index (χ2v) is 29.7. The fourth-order valence-electron chi connectivity index (χ4n) is 17.6. The van der Waals surface area contributed by atoms with E-state index < -0.39 is 6.04 Å². The van der Waals surface area contributed by atoms with Crippen LogP contribution in [-0.2, 0) is 24.0 Å². The van der Waals surface area contributed by atoms with Gasteiger partial charge in [0.1, 0.15) is 6.04 Å². The summed E-state index contributed by atoms with van der Waals surface area (Å²) in [5.41, 5.74) is 0. The molecule has 88 heavy (non-hydrogen) atoms. The molecule has 1 saturated heterocycles. The van der Waals surface area contributed by atoms with Crippen LogP contribution in [0, 0.1) is 47.3 Å². The van der Waals surface area contributed by atoms with Crippen molar-refractivity contribution in [1.82, 2.24) is 14.7 Å². The molecule has 9 unspecified atom stereocenters. The molecular weight excluding hydrogens is 1080 g/mol. The number of hydrogen-bond acceptors (Lipinski definition) is 5. The fourth-order valence-corrected chi connectivity index (χ4v) is 17.6. The van der Waals surface area contributed by atoms with Crippen LogP contribution in [0.3, 0.4) is 0 Å². The smallest absolute Gasteiger partial charge is 0.253 e. The maximum atomic E-state index is 13.9. The summed E-state index contributed by atoms with van der Waals surface area (Å²) in [5.74, 6) is 6.60. The van der Waals surface area contributed by atoms with Gasteiger partial charge in [0.2, 0.25) is 11.8 Å². The number of hydrogen-bond donors (Lipinski definition) is 0. The highest BCUT2D eigenvalue weighted by Crippen LogP contribution is 2.49. The fraction of sp³-hybridized carbons (Fsp3) is 0.912. The number of carbonyl (C=O) groups is 5. The van der Waals surface area contributed by atoms with Crippen molar-refractivity contribution in [3.8, 4) is 0 Å². The predicted molar refractivity (Wildman–Crippen MR) is 374 cm³/mol. The summed E-state index contributed by atoms with van der Waals surface area (Å²) in [7, 11) is 0. The third-order valence-electron chi connectivity index (χ3n) is 22.9. The molecule has 9 atom stereocenters. The van der Waals surface area contributed by atoms with E-state index in [4.69, 9.17) is 0 Å². The van der Waals surface area contributed by atoms with Gasteiger partial charge in [0.15, 0.2) is 0 Å². The molecule has 8 heteroatoms. The number of amides is 5. The Morgan fingerprint density at radius 1 is 0.352 bits per heavy atom. The molecule has 2 aliphatic carbocycles. The molecular formula is C80H145N3O5. The van der Waals surface area contributed by atoms with Crippen LogP contribution in [0.25, 0.3) is 0 Å². The number of rotatable bonds is 57. The van der Waals surface area contributed by atoms with Gasteiger partial charge in [-0.2, -0.15) is 0 Å². The van der Waals surface area contributed by atoms with E-state index in [1.54, 1.807) is 11.8 Å². The summed E-state index contributed by atoms with van der Waals surface area (Å²) in [5, 5.41) is 0. The molecule has 8 nitrogen and oxygen atoms in total. The Morgan fingerprint density at radius 3 is 0.932 bits per heavy atom. The molecule has 4 rings (SSSR count). The molecule has 0 aromatic heterocycles. The first-order chi connectivity index (χ1) is 43.1. The highest BCUT2D eigenvalue weighted by molar-refractivity contribution is 6.12. The average molecular weight is 1230 g/mol. The van der Waals surface area contributed by atoms with Crippen LogP contribution in [-0.4, -0.2) is 69.9 Å². The lowest BCUT2D eigenvalue weighted by Gasteiger charge is -2.44. The minimum atomic E-state index is -0.629. The highest BCUT2D eigenvalue weighted by Gasteiger charge is 2.43. The van der Waals surface area contributed by atoms with Crippen molar-refractivity contribution < 1.29 is 24.0 Å². The Balaban J connectivity index is 1.19. The quantitative estimate of drug-likeness (QED) is 0.0447. The van der Waals surface area contributed by atoms with E-state index in [2.05, 4.69) is 34.6 Å². The second kappa shape index (κ2) is 50.0. The summed E-state index contributed by atoms with van der Waals surface area (Å²) in [6.45, 7) is 14.9. The number of nitrogens with zero attached hydrogens (tertiary/aromatic N) is 3. The first-order valence-corrected chi connectivity index (χ1v) is 39.7. The van der Waals surface area contributed by atoms with Gasteiger partial charge in [0.05, 0.1) is 6.42 Å². The van der Waals surface area contributed by atoms with Crippen molar-refractivity contribution in [2.24, 2.45) is 47.3 Å². The third-order valence-corrected chi connectivity index (χ3v) is 22.9. The van der Waals surface area contributed by atoms with Gasteiger partial charge in [-0.25, -0.2) is 0 Å². The molecule has 2 saturated carbocycles. The molecule has 3 fully saturated rings. The number of likely N-dealkylation sites (tertiary alicyclic amines) is 1. The second-order valence-electron chi connectivity index (χ2n) is 29.7. The van der Waals surface area contributed by atoms with Gasteiger partial charge < -0.3 is 4.90 Å². The van der Waals surface area contributed by atoms with E-state index in [-0.39, 0.29) is 36.0 Å². The Bertz CT molecular complexity index is 1810. The average Bonchev–Trinajstić information content (AvgIpc) is 2.67. The van der Waals surface area contributed by atoms with Crippen LogP contribution in [0.2, 0.25) is 0 Å². The third kappa shape index (κ3) is 30.9. The molecule has 0 radical (unpaired) electrons. The summed E-state index contributed by atoms with van der Waals surface area (Å²) in [6.07, 6.45) is 74.5. The zero-order valence-corrected chi connectivity index (χ0v) is 59.2. The lowest BCUT2D eigenvalue weighted by atomic mass is 9.61.